The lowest BCUT2D eigenvalue weighted by Gasteiger charge is -2.29. The number of fused-ring (bicyclic) bond motifs is 6. The van der Waals surface area contributed by atoms with Crippen LogP contribution >= 0.6 is 22.7 Å². The van der Waals surface area contributed by atoms with E-state index in [0.29, 0.717) is 22.3 Å². The van der Waals surface area contributed by atoms with Crippen molar-refractivity contribution < 1.29 is 57.3 Å². The normalized spacial score (nSPS) is 14.3. The molecule has 6 aromatic carbocycles. The zero-order valence-electron chi connectivity index (χ0n) is 44.5. The SMILES string of the molecule is N#Cc1cc2c(cc1C#N)C(=O)C(=Cc1cc3c(s1)C1=C(c4sc(C=C5C(=O)c6cc(C#N)c(C#N)cc6C5=O)cc4C1(C(=O)OCc1ccccc1)C(=O)OCc1ccccc1)C3(C(=O)OCc1ccccc1)C(=O)OCc1ccccc1)C2=O. The van der Waals surface area contributed by atoms with Gasteiger partial charge in [0.25, 0.3) is 0 Å². The largest absolute Gasteiger partial charge is 0.459 e. The zero-order chi connectivity index (χ0) is 60.0. The maximum Gasteiger partial charge on any atom is 0.333 e. The second-order valence-electron chi connectivity index (χ2n) is 20.0. The van der Waals surface area contributed by atoms with Crippen LogP contribution in [0.25, 0.3) is 23.3 Å². The third-order valence-corrected chi connectivity index (χ3v) is 17.4. The summed E-state index contributed by atoms with van der Waals surface area (Å²) in [5.74, 6) is -8.22. The predicted molar refractivity (Wildman–Crippen MR) is 309 cm³/mol. The zero-order valence-corrected chi connectivity index (χ0v) is 46.1. The molecule has 2 aromatic heterocycles. The number of benzene rings is 6. The van der Waals surface area contributed by atoms with Gasteiger partial charge in [0.1, 0.15) is 50.7 Å². The van der Waals surface area contributed by atoms with Crippen molar-refractivity contribution in [2.24, 2.45) is 0 Å². The molecule has 18 heteroatoms. The third-order valence-electron chi connectivity index (χ3n) is 15.2. The molecule has 12 rings (SSSR count). The Bertz CT molecular complexity index is 4110. The van der Waals surface area contributed by atoms with E-state index >= 15 is 19.2 Å². The Labute approximate surface area is 496 Å². The average molecular weight is 1170 g/mol. The number of Topliss-reactive ketones (excluding diaryl/α,β-unsaturated/α-hetero) is 4. The van der Waals surface area contributed by atoms with Crippen LogP contribution in [0.15, 0.2) is 169 Å². The van der Waals surface area contributed by atoms with Gasteiger partial charge in [0, 0.05) is 64.0 Å². The maximum atomic E-state index is 16.1. The second kappa shape index (κ2) is 22.0. The van der Waals surface area contributed by atoms with E-state index in [9.17, 15) is 40.2 Å². The molecular weight excluding hydrogens is 1130 g/mol. The van der Waals surface area contributed by atoms with Crippen LogP contribution in [0.3, 0.4) is 0 Å². The highest BCUT2D eigenvalue weighted by Crippen LogP contribution is 2.68. The van der Waals surface area contributed by atoms with Gasteiger partial charge >= 0.3 is 23.9 Å². The van der Waals surface area contributed by atoms with Crippen LogP contribution in [0, 0.1) is 45.3 Å². The Morgan fingerprint density at radius 3 is 0.860 bits per heavy atom. The first-order chi connectivity index (χ1) is 41.8. The summed E-state index contributed by atoms with van der Waals surface area (Å²) in [4.78, 5) is 122. The number of ether oxygens (including phenoxy) is 4. The van der Waals surface area contributed by atoms with Crippen LogP contribution in [0.2, 0.25) is 0 Å². The average Bonchev–Trinajstić information content (AvgIpc) is 1.49. The molecule has 0 fully saturated rings. The van der Waals surface area contributed by atoms with Gasteiger partial charge in [-0.2, -0.15) is 21.0 Å². The number of nitriles is 4. The van der Waals surface area contributed by atoms with Crippen molar-refractivity contribution >= 4 is 93.0 Å². The standard InChI is InChI=1S/C68H36N4O12S2/c69-29-41-21-47-48(22-42(41)30-70)58(74)51(57(47)73)25-45-27-53-61(85-45)56-55(67(53,63(77)81-33-37-13-5-1-6-14-37)64(78)82-34-38-15-7-2-8-16-38)62-54(28-46(86-62)26-52-59(75)49-23-43(31-71)44(32-72)24-50(49)60(52)76)68(56,65(79)83-35-39-17-9-3-10-18-39)66(80)84-36-40-19-11-4-12-20-40/h1-28H,33-36H2. The third kappa shape index (κ3) is 8.85. The summed E-state index contributed by atoms with van der Waals surface area (Å²) in [6.45, 7) is -1.70. The van der Waals surface area contributed by atoms with Gasteiger partial charge in [-0.05, 0) is 70.8 Å². The molecule has 412 valence electrons. The van der Waals surface area contributed by atoms with Gasteiger partial charge in [0.05, 0.1) is 33.4 Å². The fourth-order valence-corrected chi connectivity index (χ4v) is 13.6. The van der Waals surface area contributed by atoms with Crippen molar-refractivity contribution in [1.82, 2.24) is 0 Å². The van der Waals surface area contributed by atoms with Gasteiger partial charge in [-0.15, -0.1) is 22.7 Å². The molecule has 4 aliphatic carbocycles. The molecule has 4 aliphatic rings. The summed E-state index contributed by atoms with van der Waals surface area (Å²) in [6, 6.07) is 48.9. The number of carbonyl (C=O) groups is 8. The van der Waals surface area contributed by atoms with Gasteiger partial charge < -0.3 is 18.9 Å². The van der Waals surface area contributed by atoms with Crippen LogP contribution in [-0.2, 0) is 75.4 Å². The van der Waals surface area contributed by atoms with E-state index < -0.39 is 95.4 Å². The number of esters is 4. The summed E-state index contributed by atoms with van der Waals surface area (Å²) in [5.41, 5.74) is -6.59. The molecule has 0 aliphatic heterocycles. The number of nitrogens with zero attached hydrogens (tertiary/aromatic N) is 4. The molecular formula is C68H36N4O12S2. The van der Waals surface area contributed by atoms with Gasteiger partial charge in [-0.25, -0.2) is 0 Å². The summed E-state index contributed by atoms with van der Waals surface area (Å²) >= 11 is 1.60. The number of rotatable bonds is 14. The lowest BCUT2D eigenvalue weighted by molar-refractivity contribution is -0.165. The Morgan fingerprint density at radius 1 is 0.384 bits per heavy atom. The molecule has 0 radical (unpaired) electrons. The molecule has 8 aromatic rings. The van der Waals surface area contributed by atoms with E-state index in [-0.39, 0.29) is 86.3 Å². The van der Waals surface area contributed by atoms with E-state index in [1.807, 2.05) is 24.3 Å². The van der Waals surface area contributed by atoms with E-state index in [4.69, 9.17) is 18.9 Å². The minimum Gasteiger partial charge on any atom is -0.459 e. The molecule has 0 atom stereocenters. The Balaban J connectivity index is 1.13. The number of thiophene rings is 2. The molecule has 86 heavy (non-hydrogen) atoms. The molecule has 0 amide bonds. The van der Waals surface area contributed by atoms with Crippen LogP contribution < -0.4 is 0 Å². The first-order valence-corrected chi connectivity index (χ1v) is 27.9. The number of hydrogen-bond donors (Lipinski definition) is 0. The molecule has 0 saturated carbocycles. The first kappa shape index (κ1) is 55.0. The van der Waals surface area contributed by atoms with Crippen molar-refractivity contribution in [2.75, 3.05) is 0 Å². The lowest BCUT2D eigenvalue weighted by atomic mass is 9.76. The van der Waals surface area contributed by atoms with Crippen molar-refractivity contribution in [3.63, 3.8) is 0 Å². The van der Waals surface area contributed by atoms with E-state index in [0.717, 1.165) is 46.9 Å². The highest BCUT2D eigenvalue weighted by molar-refractivity contribution is 7.16. The molecule has 2 heterocycles. The number of ketones is 4. The summed E-state index contributed by atoms with van der Waals surface area (Å²) < 4.78 is 24.9. The van der Waals surface area contributed by atoms with Gasteiger partial charge in [-0.1, -0.05) is 121 Å². The minimum absolute atomic E-state index is 0.0463. The van der Waals surface area contributed by atoms with Crippen molar-refractivity contribution in [1.29, 1.82) is 21.0 Å². The van der Waals surface area contributed by atoms with Crippen molar-refractivity contribution in [3.05, 3.63) is 266 Å². The molecule has 0 N–H and O–H groups in total. The Hall–Kier alpha value is -11.5. The highest BCUT2D eigenvalue weighted by atomic mass is 32.1. The molecule has 0 spiro atoms. The molecule has 0 bridgehead atoms. The van der Waals surface area contributed by atoms with E-state index in [1.165, 1.54) is 24.3 Å². The van der Waals surface area contributed by atoms with Crippen LogP contribution in [0.5, 0.6) is 0 Å². The topological polar surface area (TPSA) is 269 Å². The van der Waals surface area contributed by atoms with Crippen molar-refractivity contribution in [3.8, 4) is 24.3 Å². The molecule has 16 nitrogen and oxygen atoms in total. The molecule has 0 unspecified atom stereocenters. The second-order valence-corrected chi connectivity index (χ2v) is 22.2. The quantitative estimate of drug-likeness (QED) is 0.0322. The number of allylic oxidation sites excluding steroid dienone is 2. The van der Waals surface area contributed by atoms with Gasteiger partial charge in [0.2, 0.25) is 10.8 Å². The fourth-order valence-electron chi connectivity index (χ4n) is 11.1. The summed E-state index contributed by atoms with van der Waals surface area (Å²) in [5, 5.41) is 39.3. The predicted octanol–water partition coefficient (Wildman–Crippen LogP) is 10.6. The Morgan fingerprint density at radius 2 is 0.628 bits per heavy atom. The monoisotopic (exact) mass is 1160 g/mol. The van der Waals surface area contributed by atoms with Gasteiger partial charge in [0.15, 0.2) is 23.1 Å². The first-order valence-electron chi connectivity index (χ1n) is 26.2. The van der Waals surface area contributed by atoms with Crippen LogP contribution in [-0.4, -0.2) is 47.0 Å². The summed E-state index contributed by atoms with van der Waals surface area (Å²) in [6.07, 6.45) is 2.43. The fraction of sp³-hybridized carbons (Fsp3) is 0.0882. The highest BCUT2D eigenvalue weighted by Gasteiger charge is 2.72. The number of carbonyl (C=O) groups excluding carboxylic acids is 8. The summed E-state index contributed by atoms with van der Waals surface area (Å²) in [7, 11) is 0. The number of hydrogen-bond acceptors (Lipinski definition) is 18. The minimum atomic E-state index is -2.81. The molecule has 0 saturated heterocycles. The Kier molecular flexibility index (Phi) is 14.1. The lowest BCUT2D eigenvalue weighted by Crippen LogP contribution is -2.45. The van der Waals surface area contributed by atoms with E-state index in [1.54, 1.807) is 121 Å². The van der Waals surface area contributed by atoms with Crippen molar-refractivity contribution in [2.45, 2.75) is 37.3 Å². The maximum absolute atomic E-state index is 16.1. The van der Waals surface area contributed by atoms with Crippen LogP contribution in [0.4, 0.5) is 0 Å². The van der Waals surface area contributed by atoms with E-state index in [2.05, 4.69) is 0 Å². The van der Waals surface area contributed by atoms with Crippen LogP contribution in [0.1, 0.15) is 117 Å². The smallest absolute Gasteiger partial charge is 0.333 e. The van der Waals surface area contributed by atoms with Gasteiger partial charge in [-0.3, -0.25) is 38.4 Å².